The van der Waals surface area contributed by atoms with Gasteiger partial charge in [-0.1, -0.05) is 72.8 Å². The molecule has 1 aromatic heterocycles. The summed E-state index contributed by atoms with van der Waals surface area (Å²) in [4.78, 5) is 29.7. The molecule has 0 saturated carbocycles. The predicted molar refractivity (Wildman–Crippen MR) is 122 cm³/mol. The molecule has 5 nitrogen and oxygen atoms in total. The summed E-state index contributed by atoms with van der Waals surface area (Å²) in [5.74, 6) is 0.933. The molecule has 3 aromatic carbocycles. The smallest absolute Gasteiger partial charge is 0.224 e. The second-order valence-corrected chi connectivity index (χ2v) is 7.51. The Kier molecular flexibility index (Phi) is 6.53. The van der Waals surface area contributed by atoms with E-state index in [2.05, 4.69) is 5.32 Å². The van der Waals surface area contributed by atoms with Gasteiger partial charge in [0, 0.05) is 18.5 Å². The molecule has 0 aliphatic rings. The van der Waals surface area contributed by atoms with Crippen molar-refractivity contribution >= 4 is 22.7 Å². The molecule has 0 radical (unpaired) electrons. The lowest BCUT2D eigenvalue weighted by Gasteiger charge is -2.10. The van der Waals surface area contributed by atoms with Crippen molar-refractivity contribution in [3.8, 4) is 0 Å². The molecular weight excluding hydrogens is 386 g/mol. The van der Waals surface area contributed by atoms with Crippen molar-refractivity contribution in [2.24, 2.45) is 0 Å². The van der Waals surface area contributed by atoms with Crippen LogP contribution in [0.25, 0.3) is 11.0 Å². The van der Waals surface area contributed by atoms with Crippen molar-refractivity contribution in [1.82, 2.24) is 14.9 Å². The summed E-state index contributed by atoms with van der Waals surface area (Å²) in [5, 5.41) is 2.98. The highest BCUT2D eigenvalue weighted by molar-refractivity contribution is 5.96. The number of Topliss-reactive ketones (excluding diaryl/α,β-unsaturated/α-hetero) is 1. The van der Waals surface area contributed by atoms with Crippen LogP contribution in [0.15, 0.2) is 84.9 Å². The standard InChI is InChI=1S/C26H25N3O2/c30-24(21-12-5-2-6-13-21)19-29-23-15-8-7-14-22(23)28-25(29)16-9-17-27-26(31)18-20-10-3-1-4-11-20/h1-8,10-15H,9,16-19H2,(H,27,31). The summed E-state index contributed by atoms with van der Waals surface area (Å²) in [6.45, 7) is 0.821. The van der Waals surface area contributed by atoms with Crippen molar-refractivity contribution in [2.45, 2.75) is 25.8 Å². The van der Waals surface area contributed by atoms with E-state index in [1.165, 1.54) is 0 Å². The van der Waals surface area contributed by atoms with Gasteiger partial charge in [-0.2, -0.15) is 0 Å². The summed E-state index contributed by atoms with van der Waals surface area (Å²) in [7, 11) is 0. The Bertz CT molecular complexity index is 1170. The van der Waals surface area contributed by atoms with Gasteiger partial charge in [-0.3, -0.25) is 9.59 Å². The lowest BCUT2D eigenvalue weighted by atomic mass is 10.1. The summed E-state index contributed by atoms with van der Waals surface area (Å²) >= 11 is 0. The van der Waals surface area contributed by atoms with Gasteiger partial charge in [0.2, 0.25) is 5.91 Å². The van der Waals surface area contributed by atoms with E-state index in [0.717, 1.165) is 28.8 Å². The maximum Gasteiger partial charge on any atom is 0.224 e. The van der Waals surface area contributed by atoms with Gasteiger partial charge in [-0.15, -0.1) is 0 Å². The van der Waals surface area contributed by atoms with Gasteiger partial charge in [0.05, 0.1) is 24.0 Å². The SMILES string of the molecule is O=C(Cc1ccccc1)NCCCc1nc2ccccc2n1CC(=O)c1ccccc1. The molecule has 1 N–H and O–H groups in total. The molecule has 0 saturated heterocycles. The first-order valence-electron chi connectivity index (χ1n) is 10.5. The largest absolute Gasteiger partial charge is 0.356 e. The van der Waals surface area contributed by atoms with Gasteiger partial charge in [-0.05, 0) is 24.1 Å². The highest BCUT2D eigenvalue weighted by Crippen LogP contribution is 2.18. The van der Waals surface area contributed by atoms with Crippen molar-refractivity contribution in [1.29, 1.82) is 0 Å². The Morgan fingerprint density at radius 2 is 1.52 bits per heavy atom. The molecule has 0 bridgehead atoms. The zero-order valence-corrected chi connectivity index (χ0v) is 17.3. The third kappa shape index (κ3) is 5.25. The van der Waals surface area contributed by atoms with Gasteiger partial charge < -0.3 is 9.88 Å². The second kappa shape index (κ2) is 9.85. The van der Waals surface area contributed by atoms with E-state index in [0.29, 0.717) is 24.9 Å². The summed E-state index contributed by atoms with van der Waals surface area (Å²) < 4.78 is 2.00. The Morgan fingerprint density at radius 1 is 0.839 bits per heavy atom. The normalized spacial score (nSPS) is 10.8. The molecule has 1 amide bonds. The Hall–Kier alpha value is -3.73. The number of fused-ring (bicyclic) bond motifs is 1. The van der Waals surface area contributed by atoms with Crippen LogP contribution in [0, 0.1) is 0 Å². The van der Waals surface area contributed by atoms with E-state index in [-0.39, 0.29) is 18.2 Å². The molecule has 5 heteroatoms. The van der Waals surface area contributed by atoms with Gasteiger partial charge in [0.15, 0.2) is 5.78 Å². The number of rotatable bonds is 9. The molecule has 1 heterocycles. The first-order chi connectivity index (χ1) is 15.2. The highest BCUT2D eigenvalue weighted by atomic mass is 16.1. The molecular formula is C26H25N3O2. The van der Waals surface area contributed by atoms with Gasteiger partial charge >= 0.3 is 0 Å². The first-order valence-corrected chi connectivity index (χ1v) is 10.5. The molecule has 0 fully saturated rings. The Morgan fingerprint density at radius 3 is 2.29 bits per heavy atom. The number of carbonyl (C=O) groups excluding carboxylic acids is 2. The van der Waals surface area contributed by atoms with Crippen LogP contribution >= 0.6 is 0 Å². The quantitative estimate of drug-likeness (QED) is 0.331. The van der Waals surface area contributed by atoms with E-state index >= 15 is 0 Å². The monoisotopic (exact) mass is 411 g/mol. The molecule has 4 aromatic rings. The molecule has 0 atom stereocenters. The minimum Gasteiger partial charge on any atom is -0.356 e. The predicted octanol–water partition coefficient (Wildman–Crippen LogP) is 4.21. The van der Waals surface area contributed by atoms with E-state index in [4.69, 9.17) is 4.98 Å². The van der Waals surface area contributed by atoms with Crippen LogP contribution in [-0.4, -0.2) is 27.8 Å². The number of carbonyl (C=O) groups is 2. The first kappa shape index (κ1) is 20.5. The van der Waals surface area contributed by atoms with Gasteiger partial charge in [-0.25, -0.2) is 4.98 Å². The van der Waals surface area contributed by atoms with Crippen molar-refractivity contribution in [3.05, 3.63) is 102 Å². The number of hydrogen-bond donors (Lipinski definition) is 1. The maximum atomic E-state index is 12.8. The lowest BCUT2D eigenvalue weighted by Crippen LogP contribution is -2.26. The van der Waals surface area contributed by atoms with Crippen LogP contribution in [0.4, 0.5) is 0 Å². The maximum absolute atomic E-state index is 12.8. The Balaban J connectivity index is 1.40. The van der Waals surface area contributed by atoms with Gasteiger partial charge in [0.1, 0.15) is 5.82 Å². The van der Waals surface area contributed by atoms with Crippen molar-refractivity contribution < 1.29 is 9.59 Å². The van der Waals surface area contributed by atoms with Crippen LogP contribution < -0.4 is 5.32 Å². The van der Waals surface area contributed by atoms with Crippen LogP contribution in [-0.2, 0) is 24.2 Å². The number of ketones is 1. The van der Waals surface area contributed by atoms with Crippen LogP contribution in [0.5, 0.6) is 0 Å². The average molecular weight is 412 g/mol. The number of imidazole rings is 1. The number of benzene rings is 3. The lowest BCUT2D eigenvalue weighted by molar-refractivity contribution is -0.120. The summed E-state index contributed by atoms with van der Waals surface area (Å²) in [6.07, 6.45) is 1.82. The zero-order chi connectivity index (χ0) is 21.5. The minimum absolute atomic E-state index is 0.0129. The van der Waals surface area contributed by atoms with E-state index in [9.17, 15) is 9.59 Å². The molecule has 156 valence electrons. The summed E-state index contributed by atoms with van der Waals surface area (Å²) in [5.41, 5.74) is 3.53. The fourth-order valence-corrected chi connectivity index (χ4v) is 3.67. The topological polar surface area (TPSA) is 64.0 Å². The summed E-state index contributed by atoms with van der Waals surface area (Å²) in [6, 6.07) is 26.9. The average Bonchev–Trinajstić information content (AvgIpc) is 3.15. The molecule has 0 aliphatic carbocycles. The van der Waals surface area contributed by atoms with E-state index in [1.54, 1.807) is 0 Å². The molecule has 4 rings (SSSR count). The molecule has 0 unspecified atom stereocenters. The number of nitrogens with one attached hydrogen (secondary N) is 1. The third-order valence-electron chi connectivity index (χ3n) is 5.24. The van der Waals surface area contributed by atoms with E-state index < -0.39 is 0 Å². The van der Waals surface area contributed by atoms with Gasteiger partial charge in [0.25, 0.3) is 0 Å². The number of hydrogen-bond acceptors (Lipinski definition) is 3. The molecule has 0 aliphatic heterocycles. The van der Waals surface area contributed by atoms with Crippen molar-refractivity contribution in [2.75, 3.05) is 6.54 Å². The second-order valence-electron chi connectivity index (χ2n) is 7.51. The minimum atomic E-state index is 0.0129. The number of aryl methyl sites for hydroxylation is 1. The molecule has 0 spiro atoms. The number of aromatic nitrogens is 2. The number of amides is 1. The Labute approximate surface area is 181 Å². The highest BCUT2D eigenvalue weighted by Gasteiger charge is 2.14. The number of para-hydroxylation sites is 2. The van der Waals surface area contributed by atoms with Crippen LogP contribution in [0.3, 0.4) is 0 Å². The fourth-order valence-electron chi connectivity index (χ4n) is 3.67. The van der Waals surface area contributed by atoms with Crippen LogP contribution in [0.2, 0.25) is 0 Å². The zero-order valence-electron chi connectivity index (χ0n) is 17.3. The van der Waals surface area contributed by atoms with Crippen LogP contribution in [0.1, 0.15) is 28.2 Å². The number of nitrogens with zero attached hydrogens (tertiary/aromatic N) is 2. The third-order valence-corrected chi connectivity index (χ3v) is 5.24. The van der Waals surface area contributed by atoms with E-state index in [1.807, 2.05) is 89.5 Å². The molecule has 31 heavy (non-hydrogen) atoms. The van der Waals surface area contributed by atoms with Crippen molar-refractivity contribution in [3.63, 3.8) is 0 Å². The fraction of sp³-hybridized carbons (Fsp3) is 0.192.